The first-order chi connectivity index (χ1) is 9.69. The Kier molecular flexibility index (Phi) is 3.11. The summed E-state index contributed by atoms with van der Waals surface area (Å²) in [6, 6.07) is 3.78. The highest BCUT2D eigenvalue weighted by molar-refractivity contribution is 7.14. The number of fused-ring (bicyclic) bond motifs is 1. The molecule has 3 heterocycles. The number of carbonyl (C=O) groups is 1. The molecule has 3 rings (SSSR count). The minimum Gasteiger partial charge on any atom is -0.465 e. The van der Waals surface area contributed by atoms with Crippen molar-refractivity contribution in [2.45, 2.75) is 6.92 Å². The average Bonchev–Trinajstić information content (AvgIpc) is 3.05. The minimum atomic E-state index is -0.357. The van der Waals surface area contributed by atoms with Gasteiger partial charge in [-0.05, 0) is 19.1 Å². The Morgan fingerprint density at radius 2 is 2.30 bits per heavy atom. The number of rotatable bonds is 3. The molecule has 0 saturated heterocycles. The number of hydrogen-bond donors (Lipinski definition) is 2. The number of carbonyl (C=O) groups excluding carboxylic acids is 1. The lowest BCUT2D eigenvalue weighted by molar-refractivity contribution is 0.0607. The number of methoxy groups -OCH3 is 1. The van der Waals surface area contributed by atoms with Gasteiger partial charge in [-0.25, -0.2) is 14.8 Å². The summed E-state index contributed by atoms with van der Waals surface area (Å²) >= 11 is 1.39. The highest BCUT2D eigenvalue weighted by Crippen LogP contribution is 2.31. The summed E-state index contributed by atoms with van der Waals surface area (Å²) < 4.78 is 4.79. The van der Waals surface area contributed by atoms with E-state index in [0.29, 0.717) is 16.4 Å². The molecule has 7 heteroatoms. The molecule has 3 aromatic rings. The third kappa shape index (κ3) is 2.12. The fraction of sp³-hybridized carbons (Fsp3) is 0.154. The number of nitrogens with zero attached hydrogens (tertiary/aromatic N) is 2. The van der Waals surface area contributed by atoms with Crippen LogP contribution in [-0.2, 0) is 4.74 Å². The Hall–Kier alpha value is -2.41. The van der Waals surface area contributed by atoms with Crippen molar-refractivity contribution in [3.05, 3.63) is 34.4 Å². The molecular weight excluding hydrogens is 276 g/mol. The Morgan fingerprint density at radius 1 is 1.45 bits per heavy atom. The quantitative estimate of drug-likeness (QED) is 0.724. The summed E-state index contributed by atoms with van der Waals surface area (Å²) in [5.74, 6) is 0.296. The average molecular weight is 288 g/mol. The van der Waals surface area contributed by atoms with Crippen molar-refractivity contribution < 1.29 is 9.53 Å². The maximum atomic E-state index is 11.8. The zero-order valence-electron chi connectivity index (χ0n) is 10.9. The van der Waals surface area contributed by atoms with E-state index in [1.807, 2.05) is 19.1 Å². The molecule has 0 atom stereocenters. The highest BCUT2D eigenvalue weighted by atomic mass is 32.1. The molecule has 20 heavy (non-hydrogen) atoms. The standard InChI is InChI=1S/C13H12N4O2S/c1-7-5-9(10(20-7)13(18)19-2)17-12-8-3-4-14-11(8)15-6-16-12/h3-6H,1-2H3,(H2,14,15,16,17). The van der Waals surface area contributed by atoms with Gasteiger partial charge in [0.1, 0.15) is 22.7 Å². The van der Waals surface area contributed by atoms with Gasteiger partial charge in [0.05, 0.1) is 18.2 Å². The van der Waals surface area contributed by atoms with Gasteiger partial charge in [-0.1, -0.05) is 0 Å². The number of hydrogen-bond acceptors (Lipinski definition) is 6. The fourth-order valence-corrected chi connectivity index (χ4v) is 2.84. The van der Waals surface area contributed by atoms with Crippen molar-refractivity contribution in [2.75, 3.05) is 12.4 Å². The molecule has 0 amide bonds. The highest BCUT2D eigenvalue weighted by Gasteiger charge is 2.17. The zero-order chi connectivity index (χ0) is 14.1. The first-order valence-corrected chi connectivity index (χ1v) is 6.74. The van der Waals surface area contributed by atoms with Crippen LogP contribution in [0.15, 0.2) is 24.7 Å². The topological polar surface area (TPSA) is 79.9 Å². The lowest BCUT2D eigenvalue weighted by Gasteiger charge is -2.06. The van der Waals surface area contributed by atoms with Gasteiger partial charge in [-0.2, -0.15) is 0 Å². The van der Waals surface area contributed by atoms with Gasteiger partial charge >= 0.3 is 5.97 Å². The van der Waals surface area contributed by atoms with Gasteiger partial charge in [0.2, 0.25) is 0 Å². The molecule has 0 aliphatic rings. The van der Waals surface area contributed by atoms with Crippen molar-refractivity contribution in [2.24, 2.45) is 0 Å². The van der Waals surface area contributed by atoms with E-state index in [9.17, 15) is 4.79 Å². The number of H-pyrrole nitrogens is 1. The molecule has 0 radical (unpaired) electrons. The SMILES string of the molecule is COC(=O)c1sc(C)cc1Nc1ncnc2[nH]ccc12. The lowest BCUT2D eigenvalue weighted by atomic mass is 10.3. The van der Waals surface area contributed by atoms with Crippen molar-refractivity contribution >= 4 is 39.8 Å². The number of aromatic nitrogens is 3. The second-order valence-corrected chi connectivity index (χ2v) is 5.43. The van der Waals surface area contributed by atoms with Gasteiger partial charge in [-0.3, -0.25) is 0 Å². The summed E-state index contributed by atoms with van der Waals surface area (Å²) in [7, 11) is 1.37. The molecule has 0 aliphatic heterocycles. The summed E-state index contributed by atoms with van der Waals surface area (Å²) in [6.07, 6.45) is 3.27. The van der Waals surface area contributed by atoms with Crippen LogP contribution in [-0.4, -0.2) is 28.0 Å². The van der Waals surface area contributed by atoms with Crippen molar-refractivity contribution in [1.29, 1.82) is 0 Å². The molecule has 0 spiro atoms. The monoisotopic (exact) mass is 288 g/mol. The first kappa shape index (κ1) is 12.6. The van der Waals surface area contributed by atoms with Crippen LogP contribution >= 0.6 is 11.3 Å². The first-order valence-electron chi connectivity index (χ1n) is 5.93. The molecule has 102 valence electrons. The van der Waals surface area contributed by atoms with Crippen LogP contribution in [0.3, 0.4) is 0 Å². The smallest absolute Gasteiger partial charge is 0.350 e. The molecule has 0 saturated carbocycles. The zero-order valence-corrected chi connectivity index (χ0v) is 11.7. The third-order valence-electron chi connectivity index (χ3n) is 2.83. The third-order valence-corrected chi connectivity index (χ3v) is 3.86. The number of nitrogens with one attached hydrogen (secondary N) is 2. The van der Waals surface area contributed by atoms with Gasteiger partial charge in [0, 0.05) is 11.1 Å². The fourth-order valence-electron chi connectivity index (χ4n) is 1.95. The van der Waals surface area contributed by atoms with E-state index >= 15 is 0 Å². The predicted octanol–water partition coefficient (Wildman–Crippen LogP) is 2.86. The molecule has 0 bridgehead atoms. The van der Waals surface area contributed by atoms with Gasteiger partial charge in [0.15, 0.2) is 0 Å². The van der Waals surface area contributed by atoms with E-state index in [2.05, 4.69) is 20.3 Å². The van der Waals surface area contributed by atoms with Crippen LogP contribution in [0.5, 0.6) is 0 Å². The number of thiophene rings is 1. The van der Waals surface area contributed by atoms with E-state index in [0.717, 1.165) is 15.9 Å². The number of aromatic amines is 1. The van der Waals surface area contributed by atoms with Gasteiger partial charge in [0.25, 0.3) is 0 Å². The second-order valence-electron chi connectivity index (χ2n) is 4.18. The predicted molar refractivity (Wildman–Crippen MR) is 77.6 cm³/mol. The summed E-state index contributed by atoms with van der Waals surface area (Å²) in [4.78, 5) is 24.7. The number of aryl methyl sites for hydroxylation is 1. The molecule has 0 unspecified atom stereocenters. The van der Waals surface area contributed by atoms with Crippen LogP contribution < -0.4 is 5.32 Å². The van der Waals surface area contributed by atoms with Crippen molar-refractivity contribution in [3.8, 4) is 0 Å². The summed E-state index contributed by atoms with van der Waals surface area (Å²) in [5.41, 5.74) is 1.44. The van der Waals surface area contributed by atoms with Crippen LogP contribution in [0.25, 0.3) is 11.0 Å². The van der Waals surface area contributed by atoms with Crippen LogP contribution in [0.1, 0.15) is 14.5 Å². The molecule has 0 fully saturated rings. The van der Waals surface area contributed by atoms with Crippen LogP contribution in [0, 0.1) is 6.92 Å². The Balaban J connectivity index is 2.03. The van der Waals surface area contributed by atoms with E-state index < -0.39 is 0 Å². The Bertz CT molecular complexity index is 778. The molecule has 6 nitrogen and oxygen atoms in total. The molecule has 0 aliphatic carbocycles. The molecule has 3 aromatic heterocycles. The second kappa shape index (κ2) is 4.93. The van der Waals surface area contributed by atoms with Crippen LogP contribution in [0.4, 0.5) is 11.5 Å². The largest absolute Gasteiger partial charge is 0.465 e. The molecule has 2 N–H and O–H groups in total. The number of ether oxygens (including phenoxy) is 1. The summed E-state index contributed by atoms with van der Waals surface area (Å²) in [5, 5.41) is 4.04. The minimum absolute atomic E-state index is 0.357. The molecule has 0 aromatic carbocycles. The van der Waals surface area contributed by atoms with Gasteiger partial charge in [-0.15, -0.1) is 11.3 Å². The van der Waals surface area contributed by atoms with Crippen molar-refractivity contribution in [3.63, 3.8) is 0 Å². The normalized spacial score (nSPS) is 10.7. The van der Waals surface area contributed by atoms with Crippen molar-refractivity contribution in [1.82, 2.24) is 15.0 Å². The van der Waals surface area contributed by atoms with E-state index in [1.54, 1.807) is 6.20 Å². The van der Waals surface area contributed by atoms with E-state index in [1.165, 1.54) is 24.8 Å². The van der Waals surface area contributed by atoms with Gasteiger partial charge < -0.3 is 15.0 Å². The number of esters is 1. The Labute approximate surface area is 118 Å². The lowest BCUT2D eigenvalue weighted by Crippen LogP contribution is -2.03. The summed E-state index contributed by atoms with van der Waals surface area (Å²) in [6.45, 7) is 1.94. The van der Waals surface area contributed by atoms with Crippen LogP contribution in [0.2, 0.25) is 0 Å². The maximum Gasteiger partial charge on any atom is 0.350 e. The maximum absolute atomic E-state index is 11.8. The van der Waals surface area contributed by atoms with E-state index in [-0.39, 0.29) is 5.97 Å². The van der Waals surface area contributed by atoms with E-state index in [4.69, 9.17) is 4.74 Å². The Morgan fingerprint density at radius 3 is 3.10 bits per heavy atom. The number of anilines is 2. The molecular formula is C13H12N4O2S.